The van der Waals surface area contributed by atoms with E-state index in [0.29, 0.717) is 17.7 Å². The highest BCUT2D eigenvalue weighted by atomic mass is 32.2. The van der Waals surface area contributed by atoms with E-state index in [1.165, 1.54) is 24.9 Å². The highest BCUT2D eigenvalue weighted by molar-refractivity contribution is 7.92. The SMILES string of the molecule is CC1(C)C(=O)N(c2ccc(S(=O)(=O)C(F)(F)F)cc2)C(=O)N1Cc1ccnc(NC(=O)Cc2ccccc2)c1. The average molecular weight is 561 g/mol. The molecule has 2 aromatic carbocycles. The van der Waals surface area contributed by atoms with Gasteiger partial charge in [0.15, 0.2) is 0 Å². The maximum absolute atomic E-state index is 13.3. The molecule has 4 amide bonds. The lowest BCUT2D eigenvalue weighted by Crippen LogP contribution is -2.43. The van der Waals surface area contributed by atoms with Crippen molar-refractivity contribution in [3.8, 4) is 0 Å². The number of sulfone groups is 1. The van der Waals surface area contributed by atoms with Crippen LogP contribution in [0.25, 0.3) is 0 Å². The molecule has 1 saturated heterocycles. The van der Waals surface area contributed by atoms with E-state index in [9.17, 15) is 36.0 Å². The van der Waals surface area contributed by atoms with Crippen molar-refractivity contribution in [3.63, 3.8) is 0 Å². The highest BCUT2D eigenvalue weighted by Crippen LogP contribution is 2.35. The summed E-state index contributed by atoms with van der Waals surface area (Å²) in [4.78, 5) is 44.0. The summed E-state index contributed by atoms with van der Waals surface area (Å²) in [7, 11) is -5.58. The zero-order valence-electron chi connectivity index (χ0n) is 20.8. The molecule has 13 heteroatoms. The van der Waals surface area contributed by atoms with Gasteiger partial charge >= 0.3 is 11.5 Å². The standard InChI is InChI=1S/C26H23F3N4O5S/c1-25(2)23(35)33(19-8-10-20(11-9-19)39(37,38)26(27,28)29)24(36)32(25)16-18-12-13-30-21(14-18)31-22(34)15-17-6-4-3-5-7-17/h3-14H,15-16H2,1-2H3,(H,30,31,34). The number of alkyl halides is 3. The van der Waals surface area contributed by atoms with Crippen LogP contribution in [-0.2, 0) is 32.4 Å². The van der Waals surface area contributed by atoms with E-state index in [1.54, 1.807) is 12.1 Å². The molecular weight excluding hydrogens is 537 g/mol. The van der Waals surface area contributed by atoms with E-state index in [4.69, 9.17) is 0 Å². The number of hydrogen-bond donors (Lipinski definition) is 1. The molecule has 0 unspecified atom stereocenters. The van der Waals surface area contributed by atoms with Gasteiger partial charge in [-0.25, -0.2) is 23.1 Å². The highest BCUT2D eigenvalue weighted by Gasteiger charge is 2.52. The molecule has 1 N–H and O–H groups in total. The van der Waals surface area contributed by atoms with Gasteiger partial charge in [0.1, 0.15) is 11.4 Å². The van der Waals surface area contributed by atoms with Gasteiger partial charge in [-0.2, -0.15) is 13.2 Å². The minimum atomic E-state index is -5.58. The number of imide groups is 1. The van der Waals surface area contributed by atoms with Crippen LogP contribution >= 0.6 is 0 Å². The van der Waals surface area contributed by atoms with Crippen molar-refractivity contribution in [1.29, 1.82) is 0 Å². The van der Waals surface area contributed by atoms with Crippen LogP contribution in [0.15, 0.2) is 77.8 Å². The Bertz CT molecular complexity index is 1530. The van der Waals surface area contributed by atoms with Crippen molar-refractivity contribution >= 4 is 39.2 Å². The summed E-state index contributed by atoms with van der Waals surface area (Å²) < 4.78 is 61.9. The summed E-state index contributed by atoms with van der Waals surface area (Å²) in [5.74, 6) is -0.687. The number of anilines is 2. The summed E-state index contributed by atoms with van der Waals surface area (Å²) >= 11 is 0. The van der Waals surface area contributed by atoms with E-state index in [1.807, 2.05) is 30.3 Å². The number of nitrogens with zero attached hydrogens (tertiary/aromatic N) is 3. The fourth-order valence-corrected chi connectivity index (χ4v) is 4.79. The summed E-state index contributed by atoms with van der Waals surface area (Å²) in [5.41, 5.74) is -5.53. The zero-order valence-corrected chi connectivity index (χ0v) is 21.6. The predicted molar refractivity (Wildman–Crippen MR) is 135 cm³/mol. The Morgan fingerprint density at radius 3 is 2.23 bits per heavy atom. The smallest absolute Gasteiger partial charge is 0.310 e. The summed E-state index contributed by atoms with van der Waals surface area (Å²) in [6.07, 6.45) is 1.58. The van der Waals surface area contributed by atoms with E-state index >= 15 is 0 Å². The number of rotatable bonds is 7. The zero-order chi connectivity index (χ0) is 28.6. The maximum Gasteiger partial charge on any atom is 0.501 e. The van der Waals surface area contributed by atoms with Crippen LogP contribution < -0.4 is 10.2 Å². The quantitative estimate of drug-likeness (QED) is 0.431. The van der Waals surface area contributed by atoms with Crippen LogP contribution in [-0.4, -0.2) is 47.2 Å². The monoisotopic (exact) mass is 560 g/mol. The number of carbonyl (C=O) groups is 3. The van der Waals surface area contributed by atoms with Gasteiger partial charge in [0, 0.05) is 12.7 Å². The van der Waals surface area contributed by atoms with E-state index < -0.39 is 37.7 Å². The second-order valence-corrected chi connectivity index (χ2v) is 11.2. The van der Waals surface area contributed by atoms with Gasteiger partial charge in [-0.15, -0.1) is 0 Å². The van der Waals surface area contributed by atoms with Crippen molar-refractivity contribution in [2.75, 3.05) is 10.2 Å². The van der Waals surface area contributed by atoms with Crippen LogP contribution in [0.4, 0.5) is 29.5 Å². The van der Waals surface area contributed by atoms with Crippen molar-refractivity contribution in [2.24, 2.45) is 0 Å². The van der Waals surface area contributed by atoms with Gasteiger partial charge < -0.3 is 10.2 Å². The number of nitrogens with one attached hydrogen (secondary N) is 1. The molecule has 2 heterocycles. The molecule has 204 valence electrons. The molecule has 1 fully saturated rings. The van der Waals surface area contributed by atoms with Crippen LogP contribution in [0.1, 0.15) is 25.0 Å². The number of halogens is 3. The number of carbonyl (C=O) groups excluding carboxylic acids is 3. The Labute approximate surface area is 222 Å². The third-order valence-electron chi connectivity index (χ3n) is 6.17. The van der Waals surface area contributed by atoms with Crippen molar-refractivity contribution < 1.29 is 36.0 Å². The van der Waals surface area contributed by atoms with Crippen molar-refractivity contribution in [3.05, 3.63) is 84.1 Å². The minimum Gasteiger partial charge on any atom is -0.310 e. The molecule has 0 aliphatic carbocycles. The molecule has 4 rings (SSSR count). The Hall–Kier alpha value is -4.26. The third kappa shape index (κ3) is 5.48. The number of benzene rings is 2. The largest absolute Gasteiger partial charge is 0.501 e. The third-order valence-corrected chi connectivity index (χ3v) is 7.68. The predicted octanol–water partition coefficient (Wildman–Crippen LogP) is 4.30. The molecule has 9 nitrogen and oxygen atoms in total. The molecular formula is C26H23F3N4O5S. The number of aromatic nitrogens is 1. The van der Waals surface area contributed by atoms with Crippen LogP contribution in [0.5, 0.6) is 0 Å². The van der Waals surface area contributed by atoms with Gasteiger partial charge in [-0.1, -0.05) is 30.3 Å². The van der Waals surface area contributed by atoms with Crippen molar-refractivity contribution in [1.82, 2.24) is 9.88 Å². The normalized spacial score (nSPS) is 15.5. The molecule has 1 aliphatic rings. The van der Waals surface area contributed by atoms with E-state index in [0.717, 1.165) is 22.6 Å². The molecule has 1 aliphatic heterocycles. The van der Waals surface area contributed by atoms with E-state index in [-0.39, 0.29) is 30.4 Å². The van der Waals surface area contributed by atoms with Gasteiger partial charge in [-0.3, -0.25) is 9.59 Å². The molecule has 0 radical (unpaired) electrons. The van der Waals surface area contributed by atoms with Crippen LogP contribution in [0, 0.1) is 0 Å². The van der Waals surface area contributed by atoms with E-state index in [2.05, 4.69) is 10.3 Å². The average Bonchev–Trinajstić information content (AvgIpc) is 3.03. The molecule has 0 saturated carbocycles. The Kier molecular flexibility index (Phi) is 7.21. The molecule has 0 bridgehead atoms. The van der Waals surface area contributed by atoms with Gasteiger partial charge in [0.05, 0.1) is 17.0 Å². The summed E-state index contributed by atoms with van der Waals surface area (Å²) in [6.45, 7) is 2.98. The summed E-state index contributed by atoms with van der Waals surface area (Å²) in [6, 6.07) is 14.9. The number of urea groups is 1. The van der Waals surface area contributed by atoms with Crippen molar-refractivity contribution in [2.45, 2.75) is 42.8 Å². The molecule has 0 atom stereocenters. The second-order valence-electron chi connectivity index (χ2n) is 9.27. The van der Waals surface area contributed by atoms with Gasteiger partial charge in [-0.05, 0) is 61.4 Å². The minimum absolute atomic E-state index is 0.0430. The Morgan fingerprint density at radius 1 is 0.974 bits per heavy atom. The lowest BCUT2D eigenvalue weighted by atomic mass is 10.0. The lowest BCUT2D eigenvalue weighted by molar-refractivity contribution is -0.123. The molecule has 3 aromatic rings. The topological polar surface area (TPSA) is 117 Å². The fourth-order valence-electron chi connectivity index (χ4n) is 4.03. The maximum atomic E-state index is 13.3. The molecule has 39 heavy (non-hydrogen) atoms. The van der Waals surface area contributed by atoms with Gasteiger partial charge in [0.25, 0.3) is 15.7 Å². The van der Waals surface area contributed by atoms with Crippen LogP contribution in [0.3, 0.4) is 0 Å². The number of amides is 4. The second kappa shape index (κ2) is 10.1. The first-order valence-electron chi connectivity index (χ1n) is 11.6. The Morgan fingerprint density at radius 2 is 1.62 bits per heavy atom. The van der Waals surface area contributed by atoms with Gasteiger partial charge in [0.2, 0.25) is 5.91 Å². The summed E-state index contributed by atoms with van der Waals surface area (Å²) in [5, 5.41) is 2.70. The Balaban J connectivity index is 1.52. The number of hydrogen-bond acceptors (Lipinski definition) is 6. The first kappa shape index (κ1) is 27.8. The van der Waals surface area contributed by atoms with Crippen LogP contribution in [0.2, 0.25) is 0 Å². The number of pyridine rings is 1. The molecule has 0 spiro atoms. The molecule has 1 aromatic heterocycles. The fraction of sp³-hybridized carbons (Fsp3) is 0.231. The lowest BCUT2D eigenvalue weighted by Gasteiger charge is -2.27. The first-order chi connectivity index (χ1) is 18.2. The first-order valence-corrected chi connectivity index (χ1v) is 13.1.